The molecule has 0 fully saturated rings. The number of allylic oxidation sites excluding steroid dienone is 1. The summed E-state index contributed by atoms with van der Waals surface area (Å²) in [5, 5.41) is -2.19. The van der Waals surface area contributed by atoms with E-state index in [0.29, 0.717) is 0 Å². The summed E-state index contributed by atoms with van der Waals surface area (Å²) >= 11 is 5.81. The summed E-state index contributed by atoms with van der Waals surface area (Å²) in [6.07, 6.45) is -6.61. The normalized spacial score (nSPS) is 26.2. The highest BCUT2D eigenvalue weighted by molar-refractivity contribution is 7.93. The number of ether oxygens (including phenoxy) is 1. The second kappa shape index (κ2) is 7.31. The Labute approximate surface area is 146 Å². The maximum absolute atomic E-state index is 13.2. The van der Waals surface area contributed by atoms with Crippen LogP contribution in [0.2, 0.25) is 5.02 Å². The molecular weight excluding hydrogens is 345 g/mol. The summed E-state index contributed by atoms with van der Waals surface area (Å²) in [5.41, 5.74) is -1.01. The Balaban J connectivity index is 2.58. The molecule has 0 heterocycles. The van der Waals surface area contributed by atoms with Crippen molar-refractivity contribution in [3.05, 3.63) is 40.7 Å². The van der Waals surface area contributed by atoms with Crippen molar-refractivity contribution >= 4 is 33.3 Å². The minimum atomic E-state index is -4.58. The van der Waals surface area contributed by atoms with Crippen molar-refractivity contribution in [1.82, 2.24) is 0 Å². The van der Waals surface area contributed by atoms with E-state index in [0.717, 1.165) is 18.2 Å². The second-order valence-electron chi connectivity index (χ2n) is 4.52. The van der Waals surface area contributed by atoms with Gasteiger partial charge in [0.05, 0.1) is 24.3 Å². The lowest BCUT2D eigenvalue weighted by Gasteiger charge is -2.24. The molecule has 0 aliphatic heterocycles. The van der Waals surface area contributed by atoms with Crippen LogP contribution in [-0.2, 0) is 19.6 Å². The van der Waals surface area contributed by atoms with Gasteiger partial charge in [-0.2, -0.15) is 0 Å². The number of hydrogen-bond acceptors (Lipinski definition) is 4. The summed E-state index contributed by atoms with van der Waals surface area (Å²) in [4.78, 5) is 12.3. The van der Waals surface area contributed by atoms with Crippen LogP contribution in [0.1, 0.15) is 32.9 Å². The summed E-state index contributed by atoms with van der Waals surface area (Å²) in [7, 11) is -4.58. The number of esters is 1. The summed E-state index contributed by atoms with van der Waals surface area (Å²) < 4.78 is 85.1. The lowest BCUT2D eigenvalue weighted by atomic mass is 9.99. The Kier molecular flexibility index (Phi) is 3.77. The van der Waals surface area contributed by atoms with E-state index in [1.807, 2.05) is 0 Å². The maximum atomic E-state index is 13.2. The predicted molar refractivity (Wildman–Crippen MR) is 86.3 cm³/mol. The highest BCUT2D eigenvalue weighted by atomic mass is 35.5. The second-order valence-corrected chi connectivity index (χ2v) is 6.80. The minimum absolute atomic E-state index is 0.157. The van der Waals surface area contributed by atoms with Crippen LogP contribution in [0.4, 0.5) is 10.1 Å². The molecule has 1 aliphatic rings. The molecule has 0 radical (unpaired) electrons. The molecule has 5 nitrogen and oxygen atoms in total. The van der Waals surface area contributed by atoms with Crippen LogP contribution in [-0.4, -0.2) is 26.2 Å². The fourth-order valence-electron chi connectivity index (χ4n) is 1.89. The Morgan fingerprint density at radius 2 is 2.35 bits per heavy atom. The molecule has 1 atom stereocenters. The molecule has 23 heavy (non-hydrogen) atoms. The minimum Gasteiger partial charge on any atom is -0.463 e. The topological polar surface area (TPSA) is 72.5 Å². The van der Waals surface area contributed by atoms with Gasteiger partial charge in [-0.15, -0.1) is 0 Å². The number of sulfonamides is 1. The van der Waals surface area contributed by atoms with Gasteiger partial charge >= 0.3 is 5.97 Å². The SMILES string of the molecule is [2H]C1=C(C(=O)OCC)[C@H](S(=O)(=O)Nc2ccc(F)cc2Cl)CC([2H])([2H])C1([2H])[2H]. The fourth-order valence-corrected chi connectivity index (χ4v) is 3.56. The van der Waals surface area contributed by atoms with Gasteiger partial charge in [0.15, 0.2) is 0 Å². The Hall–Kier alpha value is -1.60. The van der Waals surface area contributed by atoms with Gasteiger partial charge in [0.2, 0.25) is 10.0 Å². The quantitative estimate of drug-likeness (QED) is 0.812. The molecule has 2 rings (SSSR count). The van der Waals surface area contributed by atoms with Gasteiger partial charge in [0, 0.05) is 5.48 Å². The first-order chi connectivity index (χ1) is 12.7. The van der Waals surface area contributed by atoms with Gasteiger partial charge in [-0.25, -0.2) is 17.6 Å². The number of anilines is 1. The zero-order valence-electron chi connectivity index (χ0n) is 17.0. The van der Waals surface area contributed by atoms with E-state index >= 15 is 0 Å². The summed E-state index contributed by atoms with van der Waals surface area (Å²) in [6.45, 7) is 1.29. The highest BCUT2D eigenvalue weighted by Crippen LogP contribution is 2.30. The van der Waals surface area contributed by atoms with Gasteiger partial charge in [-0.1, -0.05) is 17.7 Å². The van der Waals surface area contributed by atoms with Gasteiger partial charge in [0.25, 0.3) is 0 Å². The van der Waals surface area contributed by atoms with Gasteiger partial charge < -0.3 is 4.74 Å². The first kappa shape index (κ1) is 11.9. The number of nitrogens with one attached hydrogen (secondary N) is 1. The molecule has 0 saturated carbocycles. The van der Waals surface area contributed by atoms with Crippen LogP contribution in [0.3, 0.4) is 0 Å². The monoisotopic (exact) mass is 366 g/mol. The highest BCUT2D eigenvalue weighted by Gasteiger charge is 2.35. The average Bonchev–Trinajstić information content (AvgIpc) is 2.55. The summed E-state index contributed by atoms with van der Waals surface area (Å²) in [5.74, 6) is -1.94. The third kappa shape index (κ3) is 4.23. The smallest absolute Gasteiger partial charge is 0.335 e. The lowest BCUT2D eigenvalue weighted by Crippen LogP contribution is -2.34. The van der Waals surface area contributed by atoms with Crippen molar-refractivity contribution in [2.24, 2.45) is 0 Å². The number of carbonyl (C=O) groups excluding carboxylic acids is 1. The van der Waals surface area contributed by atoms with E-state index in [-0.39, 0.29) is 17.3 Å². The van der Waals surface area contributed by atoms with Crippen molar-refractivity contribution < 1.29 is 29.2 Å². The standard InChI is InChI=1S/C15H17ClFNO4S/c1-2-22-15(19)11-5-3-4-6-14(11)23(20,21)18-13-8-7-10(17)9-12(13)16/h5,7-9,14,18H,2-4,6H2,1H3/t14-/m1/s1/i3D2,4D2,5D. The molecule has 0 amide bonds. The van der Waals surface area contributed by atoms with E-state index in [1.165, 1.54) is 6.92 Å². The number of halogens is 2. The zero-order valence-corrected chi connectivity index (χ0v) is 13.6. The molecule has 1 aromatic rings. The molecule has 1 aromatic carbocycles. The summed E-state index contributed by atoms with van der Waals surface area (Å²) in [6, 6.07) is 1.74. The van der Waals surface area contributed by atoms with Gasteiger partial charge in [-0.3, -0.25) is 4.72 Å². The molecule has 0 spiro atoms. The first-order valence-corrected chi connectivity index (χ1v) is 8.52. The number of hydrogen-bond donors (Lipinski definition) is 1. The fraction of sp³-hybridized carbons (Fsp3) is 0.400. The molecule has 1 N–H and O–H groups in total. The molecule has 0 bridgehead atoms. The van der Waals surface area contributed by atoms with E-state index < -0.39 is 57.9 Å². The molecule has 0 unspecified atom stereocenters. The molecule has 126 valence electrons. The predicted octanol–water partition coefficient (Wildman–Crippen LogP) is 3.26. The Morgan fingerprint density at radius 1 is 1.61 bits per heavy atom. The van der Waals surface area contributed by atoms with Crippen LogP contribution in [0.5, 0.6) is 0 Å². The van der Waals surface area contributed by atoms with Crippen molar-refractivity contribution in [1.29, 1.82) is 0 Å². The van der Waals surface area contributed by atoms with Crippen LogP contribution >= 0.6 is 11.6 Å². The van der Waals surface area contributed by atoms with E-state index in [9.17, 15) is 17.6 Å². The van der Waals surface area contributed by atoms with E-state index in [1.54, 1.807) is 0 Å². The Morgan fingerprint density at radius 3 is 3.00 bits per heavy atom. The van der Waals surface area contributed by atoms with E-state index in [4.69, 9.17) is 23.2 Å². The van der Waals surface area contributed by atoms with Gasteiger partial charge in [-0.05, 0) is 44.3 Å². The van der Waals surface area contributed by atoms with Crippen molar-refractivity contribution in [3.63, 3.8) is 0 Å². The van der Waals surface area contributed by atoms with Crippen molar-refractivity contribution in [2.45, 2.75) is 31.3 Å². The number of rotatable bonds is 5. The third-order valence-corrected chi connectivity index (χ3v) is 4.92. The molecule has 8 heteroatoms. The average molecular weight is 367 g/mol. The zero-order chi connectivity index (χ0) is 21.5. The van der Waals surface area contributed by atoms with Crippen LogP contribution < -0.4 is 4.72 Å². The van der Waals surface area contributed by atoms with Gasteiger partial charge in [0.1, 0.15) is 11.1 Å². The maximum Gasteiger partial charge on any atom is 0.335 e. The first-order valence-electron chi connectivity index (χ1n) is 9.09. The number of carbonyl (C=O) groups is 1. The molecular formula is C15H17ClFNO4S. The Bertz CT molecular complexity index is 938. The largest absolute Gasteiger partial charge is 0.463 e. The van der Waals surface area contributed by atoms with Crippen LogP contribution in [0.25, 0.3) is 0 Å². The van der Waals surface area contributed by atoms with E-state index in [2.05, 4.69) is 4.72 Å². The van der Waals surface area contributed by atoms with Crippen molar-refractivity contribution in [3.8, 4) is 0 Å². The van der Waals surface area contributed by atoms with Crippen LogP contribution in [0.15, 0.2) is 29.8 Å². The van der Waals surface area contributed by atoms with Crippen LogP contribution in [0, 0.1) is 5.82 Å². The third-order valence-electron chi connectivity index (χ3n) is 2.95. The lowest BCUT2D eigenvalue weighted by molar-refractivity contribution is -0.138. The molecule has 0 aromatic heterocycles. The molecule has 0 saturated heterocycles. The number of benzene rings is 1. The molecule has 1 aliphatic carbocycles. The van der Waals surface area contributed by atoms with Crippen molar-refractivity contribution in [2.75, 3.05) is 11.3 Å².